The van der Waals surface area contributed by atoms with Crippen molar-refractivity contribution in [2.24, 2.45) is 0 Å². The van der Waals surface area contributed by atoms with Gasteiger partial charge in [-0.05, 0) is 67.0 Å². The smallest absolute Gasteiger partial charge is 0.341 e. The van der Waals surface area contributed by atoms with Crippen LogP contribution in [-0.4, -0.2) is 25.6 Å². The number of methoxy groups -OCH3 is 1. The van der Waals surface area contributed by atoms with Gasteiger partial charge in [-0.1, -0.05) is 30.3 Å². The van der Waals surface area contributed by atoms with Crippen LogP contribution in [0.1, 0.15) is 39.9 Å². The zero-order chi connectivity index (χ0) is 21.8. The standard InChI is InChI=1S/C25H25NO4S/c1-16-6-5-9-20(12-16)30-14-22(27)26-24-23(25(28)29-2)21(15-31-24)19-11-10-17-7-3-4-8-18(17)13-19/h5-6,9-13,15H,3-4,7-8,14H2,1-2H3,(H,26,27). The number of anilines is 1. The Morgan fingerprint density at radius 2 is 1.87 bits per heavy atom. The lowest BCUT2D eigenvalue weighted by molar-refractivity contribution is -0.118. The third kappa shape index (κ3) is 4.80. The molecule has 0 bridgehead atoms. The van der Waals surface area contributed by atoms with Gasteiger partial charge in [-0.25, -0.2) is 4.79 Å². The zero-order valence-corrected chi connectivity index (χ0v) is 18.5. The molecule has 0 spiro atoms. The summed E-state index contributed by atoms with van der Waals surface area (Å²) in [6, 6.07) is 13.9. The molecule has 160 valence electrons. The Hall–Kier alpha value is -3.12. The quantitative estimate of drug-likeness (QED) is 0.526. The second-order valence-electron chi connectivity index (χ2n) is 7.69. The molecule has 1 heterocycles. The number of aryl methyl sites for hydroxylation is 3. The lowest BCUT2D eigenvalue weighted by atomic mass is 9.89. The third-order valence-electron chi connectivity index (χ3n) is 5.45. The minimum atomic E-state index is -0.469. The van der Waals surface area contributed by atoms with Gasteiger partial charge in [0, 0.05) is 10.9 Å². The molecule has 1 amide bonds. The van der Waals surface area contributed by atoms with Crippen molar-refractivity contribution >= 4 is 28.2 Å². The van der Waals surface area contributed by atoms with Crippen molar-refractivity contribution < 1.29 is 19.1 Å². The van der Waals surface area contributed by atoms with E-state index in [-0.39, 0.29) is 12.5 Å². The van der Waals surface area contributed by atoms with Crippen LogP contribution < -0.4 is 10.1 Å². The van der Waals surface area contributed by atoms with E-state index in [4.69, 9.17) is 9.47 Å². The minimum Gasteiger partial charge on any atom is -0.484 e. The lowest BCUT2D eigenvalue weighted by Gasteiger charge is -2.16. The van der Waals surface area contributed by atoms with Crippen molar-refractivity contribution in [1.82, 2.24) is 0 Å². The average molecular weight is 436 g/mol. The number of thiophene rings is 1. The molecule has 4 rings (SSSR count). The first-order chi connectivity index (χ1) is 15.0. The van der Waals surface area contributed by atoms with Gasteiger partial charge in [0.2, 0.25) is 0 Å². The number of carbonyl (C=O) groups excluding carboxylic acids is 2. The van der Waals surface area contributed by atoms with Gasteiger partial charge in [0.25, 0.3) is 5.91 Å². The fourth-order valence-corrected chi connectivity index (χ4v) is 4.86. The molecule has 2 aromatic carbocycles. The summed E-state index contributed by atoms with van der Waals surface area (Å²) in [4.78, 5) is 25.1. The van der Waals surface area contributed by atoms with Crippen LogP contribution in [0.25, 0.3) is 11.1 Å². The second kappa shape index (κ2) is 9.35. The Balaban J connectivity index is 1.55. The Labute approximate surface area is 186 Å². The molecule has 0 fully saturated rings. The molecule has 0 radical (unpaired) electrons. The summed E-state index contributed by atoms with van der Waals surface area (Å²) in [6.07, 6.45) is 4.57. The van der Waals surface area contributed by atoms with Crippen LogP contribution in [0.15, 0.2) is 47.8 Å². The molecule has 6 heteroatoms. The lowest BCUT2D eigenvalue weighted by Crippen LogP contribution is -2.21. The predicted molar refractivity (Wildman–Crippen MR) is 123 cm³/mol. The summed E-state index contributed by atoms with van der Waals surface area (Å²) >= 11 is 1.32. The molecule has 0 saturated heterocycles. The predicted octanol–water partition coefficient (Wildman–Crippen LogP) is 5.41. The van der Waals surface area contributed by atoms with E-state index in [1.807, 2.05) is 36.6 Å². The number of benzene rings is 2. The molecule has 1 aromatic heterocycles. The maximum absolute atomic E-state index is 12.6. The first kappa shape index (κ1) is 21.1. The highest BCUT2D eigenvalue weighted by Crippen LogP contribution is 2.37. The van der Waals surface area contributed by atoms with Gasteiger partial charge >= 0.3 is 5.97 Å². The van der Waals surface area contributed by atoms with Crippen molar-refractivity contribution in [3.63, 3.8) is 0 Å². The van der Waals surface area contributed by atoms with Crippen LogP contribution in [0.5, 0.6) is 5.75 Å². The highest BCUT2D eigenvalue weighted by atomic mass is 32.1. The van der Waals surface area contributed by atoms with Gasteiger partial charge in [0.05, 0.1) is 7.11 Å². The van der Waals surface area contributed by atoms with Crippen LogP contribution in [0.2, 0.25) is 0 Å². The molecular formula is C25H25NO4S. The summed E-state index contributed by atoms with van der Waals surface area (Å²) < 4.78 is 10.6. The number of nitrogens with one attached hydrogen (secondary N) is 1. The van der Waals surface area contributed by atoms with Crippen LogP contribution >= 0.6 is 11.3 Å². The summed E-state index contributed by atoms with van der Waals surface area (Å²) in [7, 11) is 1.35. The molecule has 0 unspecified atom stereocenters. The molecule has 31 heavy (non-hydrogen) atoms. The number of ether oxygens (including phenoxy) is 2. The van der Waals surface area contributed by atoms with Gasteiger partial charge < -0.3 is 14.8 Å². The first-order valence-electron chi connectivity index (χ1n) is 10.4. The fourth-order valence-electron chi connectivity index (χ4n) is 3.88. The summed E-state index contributed by atoms with van der Waals surface area (Å²) in [5.41, 5.74) is 5.90. The number of carbonyl (C=O) groups is 2. The summed E-state index contributed by atoms with van der Waals surface area (Å²) in [5.74, 6) is -0.168. The fraction of sp³-hybridized carbons (Fsp3) is 0.280. The molecule has 0 atom stereocenters. The van der Waals surface area contributed by atoms with Gasteiger partial charge in [0.15, 0.2) is 6.61 Å². The first-order valence-corrected chi connectivity index (χ1v) is 11.2. The molecule has 1 N–H and O–H groups in total. The normalized spacial score (nSPS) is 12.7. The number of amides is 1. The van der Waals surface area contributed by atoms with Crippen molar-refractivity contribution in [2.75, 3.05) is 19.0 Å². The molecule has 3 aromatic rings. The van der Waals surface area contributed by atoms with E-state index in [0.29, 0.717) is 16.3 Å². The Kier molecular flexibility index (Phi) is 6.37. The van der Waals surface area contributed by atoms with E-state index in [1.54, 1.807) is 6.07 Å². The van der Waals surface area contributed by atoms with E-state index in [1.165, 1.54) is 42.4 Å². The number of hydrogen-bond acceptors (Lipinski definition) is 5. The van der Waals surface area contributed by atoms with Crippen molar-refractivity contribution in [3.05, 3.63) is 70.1 Å². The monoisotopic (exact) mass is 435 g/mol. The summed E-state index contributed by atoms with van der Waals surface area (Å²) in [5, 5.41) is 5.18. The van der Waals surface area contributed by atoms with Crippen molar-refractivity contribution in [3.8, 4) is 16.9 Å². The molecule has 0 aliphatic heterocycles. The number of fused-ring (bicyclic) bond motifs is 1. The van der Waals surface area contributed by atoms with Crippen molar-refractivity contribution in [2.45, 2.75) is 32.6 Å². The molecule has 0 saturated carbocycles. The van der Waals surface area contributed by atoms with Gasteiger partial charge in [0.1, 0.15) is 16.3 Å². The van der Waals surface area contributed by atoms with Gasteiger partial charge in [-0.15, -0.1) is 11.3 Å². The SMILES string of the molecule is COC(=O)c1c(-c2ccc3c(c2)CCCC3)csc1NC(=O)COc1cccc(C)c1. The van der Waals surface area contributed by atoms with Crippen molar-refractivity contribution in [1.29, 1.82) is 0 Å². The largest absolute Gasteiger partial charge is 0.484 e. The Morgan fingerprint density at radius 3 is 2.65 bits per heavy atom. The highest BCUT2D eigenvalue weighted by molar-refractivity contribution is 7.15. The maximum atomic E-state index is 12.6. The topological polar surface area (TPSA) is 64.6 Å². The number of esters is 1. The Morgan fingerprint density at radius 1 is 1.06 bits per heavy atom. The number of rotatable bonds is 6. The Bertz CT molecular complexity index is 1120. The van der Waals surface area contributed by atoms with E-state index >= 15 is 0 Å². The van der Waals surface area contributed by atoms with Crippen LogP contribution in [0.4, 0.5) is 5.00 Å². The molecule has 5 nitrogen and oxygen atoms in total. The van der Waals surface area contributed by atoms with Gasteiger partial charge in [-0.2, -0.15) is 0 Å². The molecule has 1 aliphatic rings. The highest BCUT2D eigenvalue weighted by Gasteiger charge is 2.23. The van der Waals surface area contributed by atoms with Crippen LogP contribution in [0, 0.1) is 6.92 Å². The zero-order valence-electron chi connectivity index (χ0n) is 17.7. The van der Waals surface area contributed by atoms with E-state index in [2.05, 4.69) is 17.4 Å². The molecule has 1 aliphatic carbocycles. The molecular weight excluding hydrogens is 410 g/mol. The van der Waals surface area contributed by atoms with E-state index < -0.39 is 5.97 Å². The van der Waals surface area contributed by atoms with Crippen LogP contribution in [0.3, 0.4) is 0 Å². The van der Waals surface area contributed by atoms with E-state index in [0.717, 1.165) is 29.5 Å². The van der Waals surface area contributed by atoms with E-state index in [9.17, 15) is 9.59 Å². The second-order valence-corrected chi connectivity index (χ2v) is 8.57. The minimum absolute atomic E-state index is 0.143. The average Bonchev–Trinajstić information content (AvgIpc) is 3.20. The summed E-state index contributed by atoms with van der Waals surface area (Å²) in [6.45, 7) is 1.82. The third-order valence-corrected chi connectivity index (χ3v) is 6.35. The van der Waals surface area contributed by atoms with Crippen LogP contribution in [-0.2, 0) is 22.4 Å². The number of hydrogen-bond donors (Lipinski definition) is 1. The van der Waals surface area contributed by atoms with Gasteiger partial charge in [-0.3, -0.25) is 4.79 Å². The maximum Gasteiger partial charge on any atom is 0.341 e.